The molecule has 124 valence electrons. The van der Waals surface area contributed by atoms with Crippen molar-refractivity contribution in [3.8, 4) is 11.8 Å². The molecule has 23 heavy (non-hydrogen) atoms. The van der Waals surface area contributed by atoms with E-state index in [2.05, 4.69) is 17.2 Å². The fourth-order valence-electron chi connectivity index (χ4n) is 2.28. The molecule has 0 saturated carbocycles. The average Bonchev–Trinajstić information content (AvgIpc) is 2.58. The van der Waals surface area contributed by atoms with Crippen molar-refractivity contribution in [3.63, 3.8) is 0 Å². The summed E-state index contributed by atoms with van der Waals surface area (Å²) in [4.78, 5) is 11.9. The van der Waals surface area contributed by atoms with Crippen LogP contribution < -0.4 is 5.32 Å². The lowest BCUT2D eigenvalue weighted by atomic mass is 9.97. The highest BCUT2D eigenvalue weighted by molar-refractivity contribution is 5.94. The van der Waals surface area contributed by atoms with Crippen LogP contribution in [0.3, 0.4) is 0 Å². The van der Waals surface area contributed by atoms with Gasteiger partial charge >= 0.3 is 0 Å². The SMILES string of the molecule is COC1OC(CO)C(O)C(O)C1NC(=O)C#Cc1ccccc1. The molecule has 4 N–H and O–H groups in total. The average molecular weight is 321 g/mol. The van der Waals surface area contributed by atoms with E-state index in [0.717, 1.165) is 0 Å². The number of benzene rings is 1. The van der Waals surface area contributed by atoms with Crippen molar-refractivity contribution < 1.29 is 29.6 Å². The molecular weight excluding hydrogens is 302 g/mol. The molecule has 0 spiro atoms. The zero-order valence-electron chi connectivity index (χ0n) is 12.5. The van der Waals surface area contributed by atoms with E-state index in [0.29, 0.717) is 5.56 Å². The summed E-state index contributed by atoms with van der Waals surface area (Å²) in [5, 5.41) is 31.5. The van der Waals surface area contributed by atoms with E-state index in [4.69, 9.17) is 14.6 Å². The Hall–Kier alpha value is -1.95. The lowest BCUT2D eigenvalue weighted by Crippen LogP contribution is -2.64. The molecule has 1 aromatic rings. The highest BCUT2D eigenvalue weighted by Crippen LogP contribution is 2.21. The summed E-state index contributed by atoms with van der Waals surface area (Å²) < 4.78 is 10.3. The van der Waals surface area contributed by atoms with Crippen LogP contribution in [0.1, 0.15) is 5.56 Å². The van der Waals surface area contributed by atoms with Crippen LogP contribution in [0.5, 0.6) is 0 Å². The van der Waals surface area contributed by atoms with Gasteiger partial charge in [-0.15, -0.1) is 0 Å². The number of rotatable bonds is 3. The molecule has 0 radical (unpaired) electrons. The van der Waals surface area contributed by atoms with Crippen LogP contribution in [0.4, 0.5) is 0 Å². The van der Waals surface area contributed by atoms with Gasteiger partial charge in [0.05, 0.1) is 6.61 Å². The molecule has 7 heteroatoms. The van der Waals surface area contributed by atoms with E-state index in [1.54, 1.807) is 24.3 Å². The molecule has 2 rings (SSSR count). The summed E-state index contributed by atoms with van der Waals surface area (Å²) in [6.45, 7) is -0.480. The first-order valence-corrected chi connectivity index (χ1v) is 7.09. The second-order valence-electron chi connectivity index (χ2n) is 5.06. The molecule has 0 aliphatic carbocycles. The quantitative estimate of drug-likeness (QED) is 0.511. The van der Waals surface area contributed by atoms with Gasteiger partial charge in [0.25, 0.3) is 5.91 Å². The van der Waals surface area contributed by atoms with Crippen LogP contribution in [-0.2, 0) is 14.3 Å². The first-order chi connectivity index (χ1) is 11.1. The molecule has 1 saturated heterocycles. The smallest absolute Gasteiger partial charge is 0.296 e. The van der Waals surface area contributed by atoms with Crippen LogP contribution >= 0.6 is 0 Å². The molecule has 1 fully saturated rings. The second-order valence-corrected chi connectivity index (χ2v) is 5.06. The van der Waals surface area contributed by atoms with E-state index in [1.165, 1.54) is 7.11 Å². The lowest BCUT2D eigenvalue weighted by molar-refractivity contribution is -0.262. The minimum absolute atomic E-state index is 0.480. The standard InChI is InChI=1S/C16H19NO6/c1-22-16-13(15(21)14(20)11(9-18)23-16)17-12(19)8-7-10-5-3-2-4-6-10/h2-6,11,13-16,18,20-21H,9H2,1H3,(H,17,19). The van der Waals surface area contributed by atoms with E-state index in [9.17, 15) is 15.0 Å². The number of amides is 1. The number of ether oxygens (including phenoxy) is 2. The van der Waals surface area contributed by atoms with Crippen molar-refractivity contribution in [2.45, 2.75) is 30.6 Å². The van der Waals surface area contributed by atoms with E-state index in [-0.39, 0.29) is 0 Å². The Bertz CT molecular complexity index is 579. The zero-order valence-corrected chi connectivity index (χ0v) is 12.5. The molecule has 5 unspecified atom stereocenters. The largest absolute Gasteiger partial charge is 0.394 e. The van der Waals surface area contributed by atoms with Crippen LogP contribution in [0, 0.1) is 11.8 Å². The lowest BCUT2D eigenvalue weighted by Gasteiger charge is -2.41. The summed E-state index contributed by atoms with van der Waals surface area (Å²) in [5.74, 6) is 4.44. The number of aliphatic hydroxyl groups excluding tert-OH is 3. The molecule has 1 aliphatic rings. The Labute approximate surface area is 133 Å². The molecule has 0 aromatic heterocycles. The summed E-state index contributed by atoms with van der Waals surface area (Å²) in [5.41, 5.74) is 0.673. The van der Waals surface area contributed by atoms with Crippen molar-refractivity contribution >= 4 is 5.91 Å². The number of aliphatic hydroxyl groups is 3. The number of carbonyl (C=O) groups is 1. The summed E-state index contributed by atoms with van der Waals surface area (Å²) >= 11 is 0. The third kappa shape index (κ3) is 4.28. The van der Waals surface area contributed by atoms with E-state index >= 15 is 0 Å². The van der Waals surface area contributed by atoms with Crippen molar-refractivity contribution in [1.29, 1.82) is 0 Å². The van der Waals surface area contributed by atoms with Gasteiger partial charge in [-0.2, -0.15) is 0 Å². The maximum Gasteiger partial charge on any atom is 0.296 e. The number of nitrogens with one attached hydrogen (secondary N) is 1. The predicted molar refractivity (Wildman–Crippen MR) is 80.0 cm³/mol. The van der Waals surface area contributed by atoms with Gasteiger partial charge in [-0.05, 0) is 12.1 Å². The molecule has 1 aromatic carbocycles. The van der Waals surface area contributed by atoms with Crippen LogP contribution in [0.25, 0.3) is 0 Å². The molecule has 1 heterocycles. The van der Waals surface area contributed by atoms with E-state index < -0.39 is 43.2 Å². The monoisotopic (exact) mass is 321 g/mol. The maximum absolute atomic E-state index is 11.9. The first kappa shape index (κ1) is 17.4. The molecule has 0 bridgehead atoms. The summed E-state index contributed by atoms with van der Waals surface area (Å²) in [7, 11) is 1.33. The third-order valence-electron chi connectivity index (χ3n) is 3.51. The molecule has 7 nitrogen and oxygen atoms in total. The van der Waals surface area contributed by atoms with E-state index in [1.807, 2.05) is 6.07 Å². The second kappa shape index (κ2) is 8.06. The molecule has 1 aliphatic heterocycles. The van der Waals surface area contributed by atoms with Gasteiger partial charge in [-0.3, -0.25) is 4.79 Å². The Kier molecular flexibility index (Phi) is 6.10. The van der Waals surface area contributed by atoms with Gasteiger partial charge in [-0.25, -0.2) is 0 Å². The fourth-order valence-corrected chi connectivity index (χ4v) is 2.28. The van der Waals surface area contributed by atoms with Crippen LogP contribution in [0.15, 0.2) is 30.3 Å². The van der Waals surface area contributed by atoms with Crippen molar-refractivity contribution in [1.82, 2.24) is 5.32 Å². The van der Waals surface area contributed by atoms with Crippen molar-refractivity contribution in [2.75, 3.05) is 13.7 Å². The normalized spacial score (nSPS) is 30.2. The first-order valence-electron chi connectivity index (χ1n) is 7.09. The zero-order chi connectivity index (χ0) is 16.8. The Morgan fingerprint density at radius 1 is 1.30 bits per heavy atom. The Balaban J connectivity index is 2.05. The van der Waals surface area contributed by atoms with Gasteiger partial charge in [0, 0.05) is 18.6 Å². The Morgan fingerprint density at radius 3 is 2.61 bits per heavy atom. The molecule has 1 amide bonds. The number of hydrogen-bond donors (Lipinski definition) is 4. The van der Waals surface area contributed by atoms with Crippen molar-refractivity contribution in [3.05, 3.63) is 35.9 Å². The highest BCUT2D eigenvalue weighted by Gasteiger charge is 2.45. The maximum atomic E-state index is 11.9. The van der Waals surface area contributed by atoms with Crippen LogP contribution in [0.2, 0.25) is 0 Å². The predicted octanol–water partition coefficient (Wildman–Crippen LogP) is -1.39. The third-order valence-corrected chi connectivity index (χ3v) is 3.51. The van der Waals surface area contributed by atoms with Gasteiger partial charge in [0.1, 0.15) is 24.4 Å². The molecule has 5 atom stereocenters. The minimum Gasteiger partial charge on any atom is -0.394 e. The summed E-state index contributed by atoms with van der Waals surface area (Å²) in [6.07, 6.45) is -4.70. The minimum atomic E-state index is -1.35. The number of carbonyl (C=O) groups excluding carboxylic acids is 1. The Morgan fingerprint density at radius 2 is 2.00 bits per heavy atom. The van der Waals surface area contributed by atoms with Crippen LogP contribution in [-0.4, -0.2) is 65.6 Å². The van der Waals surface area contributed by atoms with Gasteiger partial charge < -0.3 is 30.1 Å². The van der Waals surface area contributed by atoms with Gasteiger partial charge in [0.2, 0.25) is 0 Å². The highest BCUT2D eigenvalue weighted by atomic mass is 16.7. The van der Waals surface area contributed by atoms with Gasteiger partial charge in [-0.1, -0.05) is 24.1 Å². The fraction of sp³-hybridized carbons (Fsp3) is 0.438. The molecular formula is C16H19NO6. The van der Waals surface area contributed by atoms with Crippen molar-refractivity contribution in [2.24, 2.45) is 0 Å². The topological polar surface area (TPSA) is 108 Å². The summed E-state index contributed by atoms with van der Waals surface area (Å²) in [6, 6.07) is 7.94. The number of methoxy groups -OCH3 is 1. The van der Waals surface area contributed by atoms with Gasteiger partial charge in [0.15, 0.2) is 6.29 Å². The number of hydrogen-bond acceptors (Lipinski definition) is 6.